The number of hydrogen-bond acceptors (Lipinski definition) is 2. The Morgan fingerprint density at radius 2 is 1.28 bits per heavy atom. The molecule has 3 nitrogen and oxygen atoms in total. The van der Waals surface area contributed by atoms with Crippen molar-refractivity contribution in [2.45, 2.75) is 19.3 Å². The number of fused-ring (bicyclic) bond motifs is 5. The molecule has 0 fully saturated rings. The maximum Gasteiger partial charge on any atom is 0.162 e. The lowest BCUT2D eigenvalue weighted by Crippen LogP contribution is -2.20. The Bertz CT molecular complexity index is 1690. The van der Waals surface area contributed by atoms with Gasteiger partial charge in [-0.05, 0) is 17.2 Å². The molecule has 3 heteroatoms. The molecule has 6 aromatic rings. The highest BCUT2D eigenvalue weighted by Crippen LogP contribution is 2.53. The first-order valence-electron chi connectivity index (χ1n) is 12.4. The second-order valence-corrected chi connectivity index (χ2v) is 9.91. The van der Waals surface area contributed by atoms with Crippen LogP contribution in [0.4, 0.5) is 0 Å². The molecule has 0 atom stereocenters. The molecule has 2 heterocycles. The number of rotatable bonds is 3. The number of benzene rings is 4. The predicted octanol–water partition coefficient (Wildman–Crippen LogP) is 8.06. The molecule has 0 N–H and O–H groups in total. The van der Waals surface area contributed by atoms with Gasteiger partial charge in [0.05, 0.1) is 11.2 Å². The molecule has 0 radical (unpaired) electrons. The lowest BCUT2D eigenvalue weighted by molar-refractivity contribution is 0.621. The third-order valence-electron chi connectivity index (χ3n) is 7.38. The van der Waals surface area contributed by atoms with E-state index in [9.17, 15) is 0 Å². The smallest absolute Gasteiger partial charge is 0.162 e. The van der Waals surface area contributed by atoms with E-state index in [0.717, 1.165) is 28.5 Å². The van der Waals surface area contributed by atoms with E-state index in [1.165, 1.54) is 33.3 Å². The second-order valence-electron chi connectivity index (χ2n) is 9.91. The first-order valence-corrected chi connectivity index (χ1v) is 12.4. The van der Waals surface area contributed by atoms with E-state index in [0.29, 0.717) is 0 Å². The van der Waals surface area contributed by atoms with E-state index in [2.05, 4.69) is 109 Å². The van der Waals surface area contributed by atoms with Crippen molar-refractivity contribution in [3.63, 3.8) is 0 Å². The van der Waals surface area contributed by atoms with Gasteiger partial charge in [0.25, 0.3) is 0 Å². The van der Waals surface area contributed by atoms with Gasteiger partial charge in [0.1, 0.15) is 5.82 Å². The topological polar surface area (TPSA) is 30.7 Å². The highest BCUT2D eigenvalue weighted by atomic mass is 15.1. The Labute approximate surface area is 210 Å². The van der Waals surface area contributed by atoms with Crippen molar-refractivity contribution in [2.75, 3.05) is 0 Å². The molecule has 0 spiro atoms. The van der Waals surface area contributed by atoms with Crippen LogP contribution in [0.1, 0.15) is 25.1 Å². The van der Waals surface area contributed by atoms with Gasteiger partial charge in [-0.1, -0.05) is 117 Å². The Hall–Kier alpha value is -4.50. The van der Waals surface area contributed by atoms with Crippen LogP contribution in [-0.2, 0) is 5.41 Å². The molecular weight excluding hydrogens is 438 g/mol. The SMILES string of the molecule is CC1(C)c2ccccc2-c2c1n(-c1cc(-c3ccccc3)nc(-c3ccccc3)n1)c1ccccc21. The van der Waals surface area contributed by atoms with Crippen LogP contribution in [0.3, 0.4) is 0 Å². The molecule has 36 heavy (non-hydrogen) atoms. The maximum absolute atomic E-state index is 5.18. The van der Waals surface area contributed by atoms with Gasteiger partial charge in [-0.3, -0.25) is 4.57 Å². The summed E-state index contributed by atoms with van der Waals surface area (Å²) in [4.78, 5) is 10.2. The average molecular weight is 464 g/mol. The van der Waals surface area contributed by atoms with Crippen LogP contribution < -0.4 is 0 Å². The van der Waals surface area contributed by atoms with Crippen molar-refractivity contribution in [3.8, 4) is 39.6 Å². The summed E-state index contributed by atoms with van der Waals surface area (Å²) in [5.41, 5.74) is 9.26. The Morgan fingerprint density at radius 1 is 0.639 bits per heavy atom. The lowest BCUT2D eigenvalue weighted by atomic mass is 9.85. The maximum atomic E-state index is 5.18. The van der Waals surface area contributed by atoms with Crippen molar-refractivity contribution in [1.29, 1.82) is 0 Å². The Balaban J connectivity index is 1.58. The van der Waals surface area contributed by atoms with Crippen LogP contribution in [0.15, 0.2) is 115 Å². The fraction of sp³-hybridized carbons (Fsp3) is 0.0909. The van der Waals surface area contributed by atoms with Gasteiger partial charge in [-0.15, -0.1) is 0 Å². The van der Waals surface area contributed by atoms with Crippen LogP contribution in [0.5, 0.6) is 0 Å². The van der Waals surface area contributed by atoms with Gasteiger partial charge < -0.3 is 0 Å². The van der Waals surface area contributed by atoms with E-state index >= 15 is 0 Å². The van der Waals surface area contributed by atoms with Crippen molar-refractivity contribution in [2.24, 2.45) is 0 Å². The van der Waals surface area contributed by atoms with Crippen molar-refractivity contribution in [3.05, 3.63) is 127 Å². The number of aromatic nitrogens is 3. The standard InChI is InChI=1S/C33H25N3/c1-33(2)26-19-11-9-17-24(26)30-25-18-10-12-20-28(25)36(31(30)33)29-21-27(22-13-5-3-6-14-22)34-32(35-29)23-15-7-4-8-16-23/h3-21H,1-2H3. The van der Waals surface area contributed by atoms with Crippen LogP contribution in [-0.4, -0.2) is 14.5 Å². The second kappa shape index (κ2) is 7.76. The Kier molecular flexibility index (Phi) is 4.49. The summed E-state index contributed by atoms with van der Waals surface area (Å²) >= 11 is 0. The molecule has 7 rings (SSSR count). The molecule has 172 valence electrons. The predicted molar refractivity (Wildman–Crippen MR) is 147 cm³/mol. The monoisotopic (exact) mass is 463 g/mol. The van der Waals surface area contributed by atoms with Crippen molar-refractivity contribution >= 4 is 10.9 Å². The zero-order valence-electron chi connectivity index (χ0n) is 20.3. The molecule has 4 aromatic carbocycles. The van der Waals surface area contributed by atoms with Crippen LogP contribution in [0.2, 0.25) is 0 Å². The third-order valence-corrected chi connectivity index (χ3v) is 7.38. The molecule has 0 amide bonds. The molecule has 0 aliphatic heterocycles. The van der Waals surface area contributed by atoms with E-state index in [1.807, 2.05) is 24.3 Å². The van der Waals surface area contributed by atoms with Crippen molar-refractivity contribution in [1.82, 2.24) is 14.5 Å². The highest BCUT2D eigenvalue weighted by molar-refractivity contribution is 6.03. The first-order chi connectivity index (χ1) is 17.6. The molecule has 0 saturated carbocycles. The normalized spacial score (nSPS) is 13.5. The van der Waals surface area contributed by atoms with Gasteiger partial charge in [0.15, 0.2) is 5.82 Å². The number of nitrogens with zero attached hydrogens (tertiary/aromatic N) is 3. The van der Waals surface area contributed by atoms with E-state index in [4.69, 9.17) is 9.97 Å². The molecule has 0 bridgehead atoms. The van der Waals surface area contributed by atoms with Gasteiger partial charge in [-0.2, -0.15) is 0 Å². The summed E-state index contributed by atoms with van der Waals surface area (Å²) in [6, 6.07) is 40.2. The first kappa shape index (κ1) is 20.8. The summed E-state index contributed by atoms with van der Waals surface area (Å²) < 4.78 is 2.37. The fourth-order valence-corrected chi connectivity index (χ4v) is 5.74. The minimum Gasteiger partial charge on any atom is -0.297 e. The number of para-hydroxylation sites is 1. The van der Waals surface area contributed by atoms with Gasteiger partial charge in [-0.25, -0.2) is 9.97 Å². The summed E-state index contributed by atoms with van der Waals surface area (Å²) in [5.74, 6) is 1.62. The van der Waals surface area contributed by atoms with Gasteiger partial charge in [0.2, 0.25) is 0 Å². The minimum atomic E-state index is -0.171. The summed E-state index contributed by atoms with van der Waals surface area (Å²) in [6.45, 7) is 4.65. The summed E-state index contributed by atoms with van der Waals surface area (Å²) in [5, 5.41) is 1.26. The zero-order valence-corrected chi connectivity index (χ0v) is 20.3. The largest absolute Gasteiger partial charge is 0.297 e. The zero-order chi connectivity index (χ0) is 24.3. The third kappa shape index (κ3) is 2.99. The highest BCUT2D eigenvalue weighted by Gasteiger charge is 2.41. The summed E-state index contributed by atoms with van der Waals surface area (Å²) in [7, 11) is 0. The quantitative estimate of drug-likeness (QED) is 0.266. The van der Waals surface area contributed by atoms with Gasteiger partial charge >= 0.3 is 0 Å². The molecule has 2 aromatic heterocycles. The van der Waals surface area contributed by atoms with Crippen molar-refractivity contribution < 1.29 is 0 Å². The summed E-state index contributed by atoms with van der Waals surface area (Å²) in [6.07, 6.45) is 0. The lowest BCUT2D eigenvalue weighted by Gasteiger charge is -2.24. The Morgan fingerprint density at radius 3 is 2.06 bits per heavy atom. The molecule has 1 aliphatic rings. The molecule has 0 saturated heterocycles. The number of hydrogen-bond donors (Lipinski definition) is 0. The minimum absolute atomic E-state index is 0.171. The van der Waals surface area contributed by atoms with E-state index in [-0.39, 0.29) is 5.41 Å². The van der Waals surface area contributed by atoms with Crippen LogP contribution in [0.25, 0.3) is 50.5 Å². The average Bonchev–Trinajstić information content (AvgIpc) is 3.40. The molecule has 0 unspecified atom stereocenters. The molecule has 1 aliphatic carbocycles. The van der Waals surface area contributed by atoms with E-state index < -0.39 is 0 Å². The van der Waals surface area contributed by atoms with Gasteiger partial charge in [0, 0.05) is 39.3 Å². The molecular formula is C33H25N3. The fourth-order valence-electron chi connectivity index (χ4n) is 5.74. The van der Waals surface area contributed by atoms with E-state index in [1.54, 1.807) is 0 Å². The van der Waals surface area contributed by atoms with Crippen LogP contribution in [0, 0.1) is 0 Å². The van der Waals surface area contributed by atoms with Crippen LogP contribution >= 0.6 is 0 Å².